The van der Waals surface area contributed by atoms with Crippen LogP contribution in [0.4, 0.5) is 0 Å². The van der Waals surface area contributed by atoms with E-state index < -0.39 is 0 Å². The summed E-state index contributed by atoms with van der Waals surface area (Å²) >= 11 is 0. The molecular formula is C18H24ClN3O. The Morgan fingerprint density at radius 1 is 1.09 bits per heavy atom. The number of benzene rings is 1. The Bertz CT molecular complexity index is 669. The van der Waals surface area contributed by atoms with Gasteiger partial charge in [-0.3, -0.25) is 4.90 Å². The van der Waals surface area contributed by atoms with Crippen LogP contribution in [-0.2, 0) is 0 Å². The van der Waals surface area contributed by atoms with Gasteiger partial charge in [0.1, 0.15) is 0 Å². The summed E-state index contributed by atoms with van der Waals surface area (Å²) in [6.45, 7) is 4.02. The van der Waals surface area contributed by atoms with E-state index in [1.807, 2.05) is 6.92 Å². The minimum atomic E-state index is 0. The van der Waals surface area contributed by atoms with Crippen molar-refractivity contribution in [1.29, 1.82) is 0 Å². The van der Waals surface area contributed by atoms with Gasteiger partial charge in [0.2, 0.25) is 11.8 Å². The SMILES string of the molecule is Cc1ccc([C@H]2C[C@@H]3CC[C@H]([C@H]2c2nnc(C)o2)N3C)cc1.Cl. The maximum Gasteiger partial charge on any atom is 0.221 e. The van der Waals surface area contributed by atoms with E-state index in [1.165, 1.54) is 30.4 Å². The lowest BCUT2D eigenvalue weighted by Gasteiger charge is -2.41. The van der Waals surface area contributed by atoms with Gasteiger partial charge in [-0.1, -0.05) is 29.8 Å². The monoisotopic (exact) mass is 333 g/mol. The lowest BCUT2D eigenvalue weighted by atomic mass is 9.76. The summed E-state index contributed by atoms with van der Waals surface area (Å²) in [5.41, 5.74) is 2.72. The number of hydrogen-bond acceptors (Lipinski definition) is 4. The fourth-order valence-electron chi connectivity index (χ4n) is 4.41. The first kappa shape index (κ1) is 16.5. The van der Waals surface area contributed by atoms with Gasteiger partial charge in [-0.25, -0.2) is 0 Å². The van der Waals surface area contributed by atoms with Crippen molar-refractivity contribution in [2.24, 2.45) is 0 Å². The van der Waals surface area contributed by atoms with Crippen molar-refractivity contribution in [2.75, 3.05) is 7.05 Å². The largest absolute Gasteiger partial charge is 0.425 e. The quantitative estimate of drug-likeness (QED) is 0.837. The third-order valence-corrected chi connectivity index (χ3v) is 5.60. The van der Waals surface area contributed by atoms with Crippen molar-refractivity contribution < 1.29 is 4.42 Å². The second kappa shape index (κ2) is 6.25. The van der Waals surface area contributed by atoms with Crippen LogP contribution in [0.25, 0.3) is 0 Å². The number of piperidine rings is 1. The smallest absolute Gasteiger partial charge is 0.221 e. The first-order chi connectivity index (χ1) is 10.6. The molecule has 2 aliphatic rings. The summed E-state index contributed by atoms with van der Waals surface area (Å²) in [6, 6.07) is 10.2. The minimum absolute atomic E-state index is 0. The lowest BCUT2D eigenvalue weighted by molar-refractivity contribution is 0.123. The van der Waals surface area contributed by atoms with Crippen LogP contribution in [-0.4, -0.2) is 34.2 Å². The molecule has 0 N–H and O–H groups in total. The number of aryl methyl sites for hydroxylation is 2. The van der Waals surface area contributed by atoms with Crippen molar-refractivity contribution in [3.8, 4) is 0 Å². The van der Waals surface area contributed by atoms with Gasteiger partial charge >= 0.3 is 0 Å². The van der Waals surface area contributed by atoms with Crippen LogP contribution in [0.15, 0.2) is 28.7 Å². The highest BCUT2D eigenvalue weighted by atomic mass is 35.5. The van der Waals surface area contributed by atoms with Gasteiger partial charge in [0.15, 0.2) is 0 Å². The molecule has 4 nitrogen and oxygen atoms in total. The van der Waals surface area contributed by atoms with Crippen LogP contribution in [0.3, 0.4) is 0 Å². The van der Waals surface area contributed by atoms with Crippen molar-refractivity contribution in [1.82, 2.24) is 15.1 Å². The number of likely N-dealkylation sites (N-methyl/N-ethyl adjacent to an activating group) is 1. The molecule has 2 aliphatic heterocycles. The fourth-order valence-corrected chi connectivity index (χ4v) is 4.41. The number of aromatic nitrogens is 2. The Morgan fingerprint density at radius 3 is 2.48 bits per heavy atom. The standard InChI is InChI=1S/C18H23N3O.ClH/c1-11-4-6-13(7-5-11)15-10-14-8-9-16(21(14)3)17(15)18-20-19-12(2)22-18;/h4-7,14-17H,8-10H2,1-3H3;1H/t14-,15+,16+,17-;/m0./s1. The average Bonchev–Trinajstić information content (AvgIpc) is 3.02. The molecule has 0 amide bonds. The molecule has 3 heterocycles. The number of rotatable bonds is 2. The zero-order valence-corrected chi connectivity index (χ0v) is 14.7. The van der Waals surface area contributed by atoms with E-state index >= 15 is 0 Å². The zero-order valence-electron chi connectivity index (χ0n) is 13.9. The van der Waals surface area contributed by atoms with Gasteiger partial charge < -0.3 is 4.42 Å². The molecule has 4 rings (SSSR count). The third-order valence-electron chi connectivity index (χ3n) is 5.60. The van der Waals surface area contributed by atoms with Crippen LogP contribution in [0.2, 0.25) is 0 Å². The normalized spacial score (nSPS) is 30.2. The van der Waals surface area contributed by atoms with Crippen LogP contribution >= 0.6 is 12.4 Å². The third kappa shape index (κ3) is 2.79. The van der Waals surface area contributed by atoms with Gasteiger partial charge in [0.05, 0.1) is 5.92 Å². The van der Waals surface area contributed by atoms with Crippen LogP contribution in [0.1, 0.15) is 54.0 Å². The number of halogens is 1. The topological polar surface area (TPSA) is 42.2 Å². The highest BCUT2D eigenvalue weighted by Gasteiger charge is 2.48. The van der Waals surface area contributed by atoms with E-state index in [9.17, 15) is 0 Å². The molecule has 2 aromatic rings. The average molecular weight is 334 g/mol. The van der Waals surface area contributed by atoms with Crippen molar-refractivity contribution in [3.63, 3.8) is 0 Å². The molecule has 5 heteroatoms. The summed E-state index contributed by atoms with van der Waals surface area (Å²) in [7, 11) is 2.25. The molecule has 0 unspecified atom stereocenters. The van der Waals surface area contributed by atoms with Gasteiger partial charge in [-0.2, -0.15) is 0 Å². The van der Waals surface area contributed by atoms with Crippen LogP contribution < -0.4 is 0 Å². The highest BCUT2D eigenvalue weighted by Crippen LogP contribution is 2.50. The Kier molecular flexibility index (Phi) is 4.47. The van der Waals surface area contributed by atoms with Gasteiger partial charge in [0, 0.05) is 19.0 Å². The lowest BCUT2D eigenvalue weighted by Crippen LogP contribution is -2.44. The number of hydrogen-bond donors (Lipinski definition) is 0. The molecule has 0 saturated carbocycles. The van der Waals surface area contributed by atoms with Crippen molar-refractivity contribution >= 4 is 12.4 Å². The molecule has 2 saturated heterocycles. The van der Waals surface area contributed by atoms with Crippen molar-refractivity contribution in [3.05, 3.63) is 47.2 Å². The van der Waals surface area contributed by atoms with Crippen LogP contribution in [0.5, 0.6) is 0 Å². The second-order valence-electron chi connectivity index (χ2n) is 6.90. The van der Waals surface area contributed by atoms with Crippen molar-refractivity contribution in [2.45, 2.75) is 57.0 Å². The van der Waals surface area contributed by atoms with Gasteiger partial charge in [-0.05, 0) is 44.7 Å². The molecule has 0 aliphatic carbocycles. The fraction of sp³-hybridized carbons (Fsp3) is 0.556. The molecule has 0 radical (unpaired) electrons. The molecule has 23 heavy (non-hydrogen) atoms. The summed E-state index contributed by atoms with van der Waals surface area (Å²) in [5, 5.41) is 8.45. The van der Waals surface area contributed by atoms with E-state index in [0.29, 0.717) is 29.8 Å². The summed E-state index contributed by atoms with van der Waals surface area (Å²) in [6.07, 6.45) is 3.70. The molecule has 0 spiro atoms. The minimum Gasteiger partial charge on any atom is -0.425 e. The van der Waals surface area contributed by atoms with Crippen LogP contribution in [0, 0.1) is 13.8 Å². The Balaban J connectivity index is 0.00000156. The molecule has 4 atom stereocenters. The highest BCUT2D eigenvalue weighted by molar-refractivity contribution is 5.85. The van der Waals surface area contributed by atoms with Gasteiger partial charge in [-0.15, -0.1) is 22.6 Å². The molecule has 1 aromatic carbocycles. The second-order valence-corrected chi connectivity index (χ2v) is 6.90. The van der Waals surface area contributed by atoms with E-state index in [2.05, 4.69) is 53.3 Å². The zero-order chi connectivity index (χ0) is 15.3. The maximum absolute atomic E-state index is 5.85. The van der Waals surface area contributed by atoms with E-state index in [0.717, 1.165) is 5.89 Å². The predicted molar refractivity (Wildman–Crippen MR) is 92.1 cm³/mol. The first-order valence-electron chi connectivity index (χ1n) is 8.22. The summed E-state index contributed by atoms with van der Waals surface area (Å²) in [4.78, 5) is 2.54. The summed E-state index contributed by atoms with van der Waals surface area (Å²) < 4.78 is 5.85. The molecule has 2 bridgehead atoms. The van der Waals surface area contributed by atoms with E-state index in [4.69, 9.17) is 4.42 Å². The first-order valence-corrected chi connectivity index (χ1v) is 8.22. The molecular weight excluding hydrogens is 310 g/mol. The number of fused-ring (bicyclic) bond motifs is 2. The Hall–Kier alpha value is -1.39. The molecule has 124 valence electrons. The molecule has 1 aromatic heterocycles. The Labute approximate surface area is 143 Å². The number of nitrogens with zero attached hydrogens (tertiary/aromatic N) is 3. The van der Waals surface area contributed by atoms with E-state index in [-0.39, 0.29) is 12.4 Å². The molecule has 2 fully saturated rings. The van der Waals surface area contributed by atoms with Gasteiger partial charge in [0.25, 0.3) is 0 Å². The van der Waals surface area contributed by atoms with E-state index in [1.54, 1.807) is 0 Å². The predicted octanol–water partition coefficient (Wildman–Crippen LogP) is 3.84. The Morgan fingerprint density at radius 2 is 1.83 bits per heavy atom. The summed E-state index contributed by atoms with van der Waals surface area (Å²) in [5.74, 6) is 2.28. The maximum atomic E-state index is 5.85.